The van der Waals surface area contributed by atoms with Gasteiger partial charge >= 0.3 is 5.97 Å². The summed E-state index contributed by atoms with van der Waals surface area (Å²) in [5.41, 5.74) is 3.35. The smallest absolute Gasteiger partial charge is 0.338 e. The molecule has 0 fully saturated rings. The highest BCUT2D eigenvalue weighted by molar-refractivity contribution is 7.07. The van der Waals surface area contributed by atoms with E-state index in [4.69, 9.17) is 9.15 Å². The van der Waals surface area contributed by atoms with Crippen LogP contribution in [0.15, 0.2) is 68.3 Å². The van der Waals surface area contributed by atoms with Crippen LogP contribution in [0, 0.1) is 0 Å². The molecule has 0 aliphatic carbocycles. The number of hydrogen-bond donors (Lipinski definition) is 0. The van der Waals surface area contributed by atoms with Gasteiger partial charge in [-0.05, 0) is 43.7 Å². The minimum absolute atomic E-state index is 0.207. The van der Waals surface area contributed by atoms with Crippen LogP contribution in [0.4, 0.5) is 5.69 Å². The summed E-state index contributed by atoms with van der Waals surface area (Å²) >= 11 is 1.29. The second-order valence-corrected chi connectivity index (χ2v) is 8.35. The Morgan fingerprint density at radius 3 is 2.65 bits per heavy atom. The quantitative estimate of drug-likeness (QED) is 0.573. The lowest BCUT2D eigenvalue weighted by molar-refractivity contribution is -0.139. The minimum Gasteiger partial charge on any atom is -0.472 e. The van der Waals surface area contributed by atoms with Gasteiger partial charge in [0.1, 0.15) is 0 Å². The number of thiazole rings is 1. The van der Waals surface area contributed by atoms with Crippen molar-refractivity contribution in [2.24, 2.45) is 4.99 Å². The highest BCUT2D eigenvalue weighted by Crippen LogP contribution is 2.31. The Hall–Kier alpha value is -3.39. The van der Waals surface area contributed by atoms with Gasteiger partial charge in [-0.25, -0.2) is 9.79 Å². The number of nitrogens with zero attached hydrogens (tertiary/aromatic N) is 3. The SMILES string of the molecule is CCOC(=O)C1=C(C)N=c2s/c(=C\c3ccoc3)c(=O)n2[C@H]1c1ccc(N(C)C)cc1. The Morgan fingerprint density at radius 2 is 2.03 bits per heavy atom. The number of benzene rings is 1. The van der Waals surface area contributed by atoms with E-state index in [1.54, 1.807) is 43.1 Å². The van der Waals surface area contributed by atoms with Crippen LogP contribution in [0.1, 0.15) is 31.0 Å². The minimum atomic E-state index is -0.613. The first kappa shape index (κ1) is 20.9. The molecule has 160 valence electrons. The second-order valence-electron chi connectivity index (χ2n) is 7.34. The Morgan fingerprint density at radius 1 is 1.29 bits per heavy atom. The molecule has 3 heterocycles. The van der Waals surface area contributed by atoms with Crippen molar-refractivity contribution in [2.45, 2.75) is 19.9 Å². The predicted octanol–water partition coefficient (Wildman–Crippen LogP) is 2.46. The zero-order valence-electron chi connectivity index (χ0n) is 17.8. The van der Waals surface area contributed by atoms with Crippen LogP contribution in [0.5, 0.6) is 0 Å². The molecule has 0 unspecified atom stereocenters. The molecule has 8 heteroatoms. The number of hydrogen-bond acceptors (Lipinski definition) is 7. The Balaban J connectivity index is 1.94. The van der Waals surface area contributed by atoms with Crippen LogP contribution >= 0.6 is 11.3 Å². The van der Waals surface area contributed by atoms with Gasteiger partial charge in [0, 0.05) is 25.3 Å². The van der Waals surface area contributed by atoms with Crippen molar-refractivity contribution >= 4 is 29.1 Å². The number of rotatable bonds is 5. The molecule has 1 aromatic carbocycles. The molecule has 0 radical (unpaired) electrons. The summed E-state index contributed by atoms with van der Waals surface area (Å²) in [6.07, 6.45) is 4.90. The molecule has 4 rings (SSSR count). The molecule has 31 heavy (non-hydrogen) atoms. The first-order valence-corrected chi connectivity index (χ1v) is 10.7. The number of esters is 1. The van der Waals surface area contributed by atoms with Gasteiger partial charge in [-0.3, -0.25) is 9.36 Å². The average molecular weight is 438 g/mol. The monoisotopic (exact) mass is 437 g/mol. The van der Waals surface area contributed by atoms with E-state index in [0.717, 1.165) is 16.8 Å². The van der Waals surface area contributed by atoms with Crippen LogP contribution < -0.4 is 19.8 Å². The highest BCUT2D eigenvalue weighted by Gasteiger charge is 2.33. The molecule has 0 amide bonds. The molecule has 1 aliphatic rings. The Kier molecular flexibility index (Phi) is 5.65. The first-order valence-electron chi connectivity index (χ1n) is 9.90. The number of aromatic nitrogens is 1. The molecule has 7 nitrogen and oxygen atoms in total. The number of ether oxygens (including phenoxy) is 1. The standard InChI is InChI=1S/C23H23N3O4S/c1-5-30-22(28)19-14(2)24-23-26(20(19)16-6-8-17(9-7-16)25(3)4)21(27)18(31-23)12-15-10-11-29-13-15/h6-13,20H,5H2,1-4H3/b18-12-/t20-/m0/s1. The number of carbonyl (C=O) groups is 1. The summed E-state index contributed by atoms with van der Waals surface area (Å²) in [7, 11) is 3.92. The number of furan rings is 1. The lowest BCUT2D eigenvalue weighted by atomic mass is 9.95. The topological polar surface area (TPSA) is 77.0 Å². The van der Waals surface area contributed by atoms with Gasteiger partial charge in [0.2, 0.25) is 0 Å². The van der Waals surface area contributed by atoms with Gasteiger partial charge < -0.3 is 14.1 Å². The maximum Gasteiger partial charge on any atom is 0.338 e. The van der Waals surface area contributed by atoms with E-state index in [0.29, 0.717) is 20.6 Å². The fourth-order valence-electron chi connectivity index (χ4n) is 3.57. The van der Waals surface area contributed by atoms with Crippen LogP contribution in [0.3, 0.4) is 0 Å². The van der Waals surface area contributed by atoms with Crippen molar-refractivity contribution in [3.63, 3.8) is 0 Å². The van der Waals surface area contributed by atoms with E-state index in [1.165, 1.54) is 11.3 Å². The van der Waals surface area contributed by atoms with Gasteiger partial charge in [-0.1, -0.05) is 23.5 Å². The number of carbonyl (C=O) groups excluding carboxylic acids is 1. The van der Waals surface area contributed by atoms with Crippen LogP contribution in [0.2, 0.25) is 0 Å². The molecule has 3 aromatic rings. The van der Waals surface area contributed by atoms with Crippen molar-refractivity contribution in [1.29, 1.82) is 0 Å². The summed E-state index contributed by atoms with van der Waals surface area (Å²) in [6, 6.07) is 8.98. The van der Waals surface area contributed by atoms with E-state index < -0.39 is 12.0 Å². The van der Waals surface area contributed by atoms with E-state index >= 15 is 0 Å². The molecule has 1 atom stereocenters. The molecule has 2 aromatic heterocycles. The first-order chi connectivity index (χ1) is 14.9. The van der Waals surface area contributed by atoms with Crippen molar-refractivity contribution in [3.05, 3.63) is 84.9 Å². The van der Waals surface area contributed by atoms with Crippen molar-refractivity contribution < 1.29 is 13.9 Å². The maximum atomic E-state index is 13.4. The molecule has 0 saturated carbocycles. The average Bonchev–Trinajstić information content (AvgIpc) is 3.35. The van der Waals surface area contributed by atoms with Gasteiger partial charge in [0.15, 0.2) is 4.80 Å². The van der Waals surface area contributed by atoms with E-state index in [-0.39, 0.29) is 12.2 Å². The van der Waals surface area contributed by atoms with Crippen molar-refractivity contribution in [1.82, 2.24) is 4.57 Å². The zero-order chi connectivity index (χ0) is 22.1. The van der Waals surface area contributed by atoms with Crippen LogP contribution in [0.25, 0.3) is 6.08 Å². The summed E-state index contributed by atoms with van der Waals surface area (Å²) in [5.74, 6) is -0.463. The summed E-state index contributed by atoms with van der Waals surface area (Å²) in [6.45, 7) is 3.78. The molecule has 1 aliphatic heterocycles. The normalized spacial score (nSPS) is 16.1. The second kappa shape index (κ2) is 8.39. The molecular weight excluding hydrogens is 414 g/mol. The van der Waals surface area contributed by atoms with E-state index in [1.807, 2.05) is 43.3 Å². The van der Waals surface area contributed by atoms with Crippen molar-refractivity contribution in [3.8, 4) is 0 Å². The third-order valence-corrected chi connectivity index (χ3v) is 6.07. The number of fused-ring (bicyclic) bond motifs is 1. The third kappa shape index (κ3) is 3.86. The highest BCUT2D eigenvalue weighted by atomic mass is 32.1. The maximum absolute atomic E-state index is 13.4. The Bertz CT molecular complexity index is 1310. The summed E-state index contributed by atoms with van der Waals surface area (Å²) in [4.78, 5) is 33.4. The zero-order valence-corrected chi connectivity index (χ0v) is 18.6. The van der Waals surface area contributed by atoms with E-state index in [9.17, 15) is 9.59 Å². The van der Waals surface area contributed by atoms with Gasteiger partial charge in [0.25, 0.3) is 5.56 Å². The van der Waals surface area contributed by atoms with Crippen LogP contribution in [-0.2, 0) is 9.53 Å². The fourth-order valence-corrected chi connectivity index (χ4v) is 4.62. The van der Waals surface area contributed by atoms with Crippen LogP contribution in [-0.4, -0.2) is 31.2 Å². The summed E-state index contributed by atoms with van der Waals surface area (Å²) in [5, 5.41) is 0. The van der Waals surface area contributed by atoms with Crippen molar-refractivity contribution in [2.75, 3.05) is 25.6 Å². The molecule has 0 spiro atoms. The van der Waals surface area contributed by atoms with Gasteiger partial charge in [0.05, 0.1) is 41.0 Å². The lowest BCUT2D eigenvalue weighted by Gasteiger charge is -2.25. The van der Waals surface area contributed by atoms with Gasteiger partial charge in [-0.15, -0.1) is 0 Å². The molecule has 0 bridgehead atoms. The number of anilines is 1. The molecule has 0 saturated heterocycles. The molecular formula is C23H23N3O4S. The van der Waals surface area contributed by atoms with E-state index in [2.05, 4.69) is 4.99 Å². The predicted molar refractivity (Wildman–Crippen MR) is 120 cm³/mol. The Labute approximate surface area is 183 Å². The molecule has 0 N–H and O–H groups in total. The summed E-state index contributed by atoms with van der Waals surface area (Å²) < 4.78 is 12.5. The third-order valence-electron chi connectivity index (χ3n) is 5.08. The van der Waals surface area contributed by atoms with Gasteiger partial charge in [-0.2, -0.15) is 0 Å². The fraction of sp³-hybridized carbons (Fsp3) is 0.261. The number of allylic oxidation sites excluding steroid dienone is 1. The largest absolute Gasteiger partial charge is 0.472 e. The lowest BCUT2D eigenvalue weighted by Crippen LogP contribution is -2.39.